The topological polar surface area (TPSA) is 74.5 Å². The molecule has 3 rings (SSSR count). The molecular formula is C18H15FN2O4. The predicted octanol–water partition coefficient (Wildman–Crippen LogP) is 3.35. The number of rotatable bonds is 6. The normalized spacial score (nSPS) is 10.6. The number of nitrogens with zero attached hydrogens (tertiary/aromatic N) is 2. The Kier molecular flexibility index (Phi) is 5.15. The van der Waals surface area contributed by atoms with Crippen molar-refractivity contribution in [2.45, 2.75) is 0 Å². The van der Waals surface area contributed by atoms with Gasteiger partial charge >= 0.3 is 5.97 Å². The van der Waals surface area contributed by atoms with Crippen molar-refractivity contribution in [3.05, 3.63) is 59.9 Å². The highest BCUT2D eigenvalue weighted by Crippen LogP contribution is 2.24. The van der Waals surface area contributed by atoms with E-state index in [1.165, 1.54) is 13.2 Å². The van der Waals surface area contributed by atoms with Crippen LogP contribution in [0.5, 0.6) is 0 Å². The van der Waals surface area contributed by atoms with Crippen LogP contribution in [0.15, 0.2) is 53.1 Å². The highest BCUT2D eigenvalue weighted by molar-refractivity contribution is 5.90. The molecule has 0 aliphatic carbocycles. The zero-order valence-corrected chi connectivity index (χ0v) is 13.4. The first-order valence-electron chi connectivity index (χ1n) is 7.54. The van der Waals surface area contributed by atoms with Crippen molar-refractivity contribution in [3.8, 4) is 22.8 Å². The van der Waals surface area contributed by atoms with Crippen molar-refractivity contribution in [1.29, 1.82) is 0 Å². The second-order valence-corrected chi connectivity index (χ2v) is 5.11. The minimum absolute atomic E-state index is 0.0705. The zero-order valence-electron chi connectivity index (χ0n) is 13.4. The SMILES string of the molecule is COCCOC(=O)c1cccc(-c2noc(-c3ccccc3F)n2)c1. The molecule has 0 amide bonds. The summed E-state index contributed by atoms with van der Waals surface area (Å²) < 4.78 is 28.8. The van der Waals surface area contributed by atoms with Gasteiger partial charge in [-0.2, -0.15) is 4.98 Å². The maximum absolute atomic E-state index is 13.8. The molecule has 6 nitrogen and oxygen atoms in total. The van der Waals surface area contributed by atoms with Gasteiger partial charge < -0.3 is 14.0 Å². The van der Waals surface area contributed by atoms with Crippen molar-refractivity contribution in [2.75, 3.05) is 20.3 Å². The fraction of sp³-hybridized carbons (Fsp3) is 0.167. The minimum atomic E-state index is -0.475. The van der Waals surface area contributed by atoms with Crippen molar-refractivity contribution in [1.82, 2.24) is 10.1 Å². The predicted molar refractivity (Wildman–Crippen MR) is 87.3 cm³/mol. The number of hydrogen-bond acceptors (Lipinski definition) is 6. The zero-order chi connectivity index (χ0) is 17.6. The van der Waals surface area contributed by atoms with Crippen molar-refractivity contribution < 1.29 is 23.2 Å². The van der Waals surface area contributed by atoms with Crippen LogP contribution >= 0.6 is 0 Å². The van der Waals surface area contributed by atoms with E-state index in [4.69, 9.17) is 14.0 Å². The first kappa shape index (κ1) is 16.8. The summed E-state index contributed by atoms with van der Waals surface area (Å²) in [5, 5.41) is 3.85. The molecule has 25 heavy (non-hydrogen) atoms. The summed E-state index contributed by atoms with van der Waals surface area (Å²) in [6.07, 6.45) is 0. The van der Waals surface area contributed by atoms with E-state index in [0.29, 0.717) is 17.7 Å². The smallest absolute Gasteiger partial charge is 0.338 e. The molecule has 0 atom stereocenters. The summed E-state index contributed by atoms with van der Waals surface area (Å²) >= 11 is 0. The molecule has 1 heterocycles. The van der Waals surface area contributed by atoms with Crippen LogP contribution in [0.2, 0.25) is 0 Å². The summed E-state index contributed by atoms with van der Waals surface area (Å²) in [4.78, 5) is 16.2. The molecule has 0 N–H and O–H groups in total. The molecule has 0 spiro atoms. The van der Waals surface area contributed by atoms with E-state index in [0.717, 1.165) is 0 Å². The van der Waals surface area contributed by atoms with Crippen LogP contribution in [-0.2, 0) is 9.47 Å². The largest absolute Gasteiger partial charge is 0.460 e. The third-order valence-electron chi connectivity index (χ3n) is 3.41. The van der Waals surface area contributed by atoms with Gasteiger partial charge in [-0.3, -0.25) is 0 Å². The average molecular weight is 342 g/mol. The molecule has 0 aliphatic heterocycles. The fourth-order valence-corrected chi connectivity index (χ4v) is 2.17. The van der Waals surface area contributed by atoms with Crippen molar-refractivity contribution in [3.63, 3.8) is 0 Å². The standard InChI is InChI=1S/C18H15FN2O4/c1-23-9-10-24-18(22)13-6-4-5-12(11-13)16-20-17(25-21-16)14-7-2-3-8-15(14)19/h2-8,11H,9-10H2,1H3. The molecule has 1 aromatic heterocycles. The maximum Gasteiger partial charge on any atom is 0.338 e. The quantitative estimate of drug-likeness (QED) is 0.505. The van der Waals surface area contributed by atoms with E-state index >= 15 is 0 Å². The molecule has 7 heteroatoms. The van der Waals surface area contributed by atoms with Crippen molar-refractivity contribution in [2.24, 2.45) is 0 Å². The molecule has 0 saturated heterocycles. The van der Waals surface area contributed by atoms with Gasteiger partial charge in [0.15, 0.2) is 0 Å². The Balaban J connectivity index is 1.82. The molecule has 0 aliphatic rings. The molecule has 128 valence electrons. The lowest BCUT2D eigenvalue weighted by atomic mass is 10.1. The third-order valence-corrected chi connectivity index (χ3v) is 3.41. The molecule has 0 radical (unpaired) electrons. The Hall–Kier alpha value is -3.06. The van der Waals surface area contributed by atoms with Gasteiger partial charge in [-0.05, 0) is 24.3 Å². The number of ether oxygens (including phenoxy) is 2. The number of halogens is 1. The second-order valence-electron chi connectivity index (χ2n) is 5.11. The van der Waals surface area contributed by atoms with Crippen LogP contribution in [0, 0.1) is 5.82 Å². The average Bonchev–Trinajstić information content (AvgIpc) is 3.12. The van der Waals surface area contributed by atoms with E-state index in [9.17, 15) is 9.18 Å². The number of benzene rings is 2. The van der Waals surface area contributed by atoms with Crippen LogP contribution in [0.1, 0.15) is 10.4 Å². The Morgan fingerprint density at radius 3 is 2.80 bits per heavy atom. The Bertz CT molecular complexity index is 879. The number of carbonyl (C=O) groups is 1. The van der Waals surface area contributed by atoms with E-state index in [1.807, 2.05) is 0 Å². The summed E-state index contributed by atoms with van der Waals surface area (Å²) in [6.45, 7) is 0.488. The monoisotopic (exact) mass is 342 g/mol. The number of carbonyl (C=O) groups excluding carboxylic acids is 1. The van der Waals surface area contributed by atoms with Crippen molar-refractivity contribution >= 4 is 5.97 Å². The summed E-state index contributed by atoms with van der Waals surface area (Å²) in [5.41, 5.74) is 1.13. The van der Waals surface area contributed by atoms with E-state index < -0.39 is 11.8 Å². The lowest BCUT2D eigenvalue weighted by Crippen LogP contribution is -2.09. The van der Waals surface area contributed by atoms with Crippen LogP contribution in [0.3, 0.4) is 0 Å². The molecule has 0 unspecified atom stereocenters. The van der Waals surface area contributed by atoms with Gasteiger partial charge in [0, 0.05) is 12.7 Å². The van der Waals surface area contributed by atoms with Gasteiger partial charge in [-0.1, -0.05) is 29.4 Å². The van der Waals surface area contributed by atoms with E-state index in [2.05, 4.69) is 10.1 Å². The Labute approximate surface area is 143 Å². The van der Waals surface area contributed by atoms with E-state index in [1.54, 1.807) is 42.5 Å². The van der Waals surface area contributed by atoms with Crippen LogP contribution < -0.4 is 0 Å². The van der Waals surface area contributed by atoms with Gasteiger partial charge in [0.1, 0.15) is 12.4 Å². The fourth-order valence-electron chi connectivity index (χ4n) is 2.17. The molecule has 3 aromatic rings. The van der Waals surface area contributed by atoms with Gasteiger partial charge in [0.25, 0.3) is 5.89 Å². The lowest BCUT2D eigenvalue weighted by Gasteiger charge is -2.04. The van der Waals surface area contributed by atoms with Gasteiger partial charge in [0.05, 0.1) is 17.7 Å². The highest BCUT2D eigenvalue weighted by Gasteiger charge is 2.15. The summed E-state index contributed by atoms with van der Waals surface area (Å²) in [6, 6.07) is 12.7. The molecular weight excluding hydrogens is 327 g/mol. The molecule has 0 saturated carbocycles. The maximum atomic E-state index is 13.8. The van der Waals surface area contributed by atoms with E-state index in [-0.39, 0.29) is 23.9 Å². The van der Waals surface area contributed by atoms with Crippen LogP contribution in [0.25, 0.3) is 22.8 Å². The van der Waals surface area contributed by atoms with Gasteiger partial charge in [-0.25, -0.2) is 9.18 Å². The number of hydrogen-bond donors (Lipinski definition) is 0. The number of methoxy groups -OCH3 is 1. The number of esters is 1. The first-order chi connectivity index (χ1) is 12.2. The lowest BCUT2D eigenvalue weighted by molar-refractivity contribution is 0.0388. The highest BCUT2D eigenvalue weighted by atomic mass is 19.1. The van der Waals surface area contributed by atoms with Crippen LogP contribution in [-0.4, -0.2) is 36.4 Å². The Morgan fingerprint density at radius 2 is 2.00 bits per heavy atom. The summed E-state index contributed by atoms with van der Waals surface area (Å²) in [7, 11) is 1.53. The minimum Gasteiger partial charge on any atom is -0.460 e. The number of aromatic nitrogens is 2. The summed E-state index contributed by atoms with van der Waals surface area (Å²) in [5.74, 6) is -0.601. The molecule has 2 aromatic carbocycles. The van der Waals surface area contributed by atoms with Gasteiger partial charge in [0.2, 0.25) is 5.82 Å². The van der Waals surface area contributed by atoms with Crippen LogP contribution in [0.4, 0.5) is 4.39 Å². The molecule has 0 fully saturated rings. The Morgan fingerprint density at radius 1 is 1.16 bits per heavy atom. The third kappa shape index (κ3) is 3.89. The first-order valence-corrected chi connectivity index (χ1v) is 7.54. The second kappa shape index (κ2) is 7.67. The molecule has 0 bridgehead atoms. The van der Waals surface area contributed by atoms with Gasteiger partial charge in [-0.15, -0.1) is 0 Å².